The van der Waals surface area contributed by atoms with Crippen LogP contribution in [0.3, 0.4) is 0 Å². The highest BCUT2D eigenvalue weighted by molar-refractivity contribution is 4.91. The first-order valence-electron chi connectivity index (χ1n) is 4.04. The summed E-state index contributed by atoms with van der Waals surface area (Å²) < 4.78 is 10.5. The van der Waals surface area contributed by atoms with Crippen molar-refractivity contribution in [1.29, 1.82) is 0 Å². The van der Waals surface area contributed by atoms with Crippen molar-refractivity contribution in [1.82, 2.24) is 0 Å². The summed E-state index contributed by atoms with van der Waals surface area (Å²) in [7, 11) is 1.78. The van der Waals surface area contributed by atoms with Crippen LogP contribution in [0.25, 0.3) is 0 Å². The van der Waals surface area contributed by atoms with Crippen molar-refractivity contribution in [2.45, 2.75) is 31.5 Å². The lowest BCUT2D eigenvalue weighted by molar-refractivity contribution is 0.136. The van der Waals surface area contributed by atoms with Gasteiger partial charge in [0.2, 0.25) is 0 Å². The van der Waals surface area contributed by atoms with Gasteiger partial charge in [0.25, 0.3) is 0 Å². The van der Waals surface area contributed by atoms with Crippen LogP contribution in [0.1, 0.15) is 19.3 Å². The van der Waals surface area contributed by atoms with Crippen LogP contribution in [0, 0.1) is 5.92 Å². The smallest absolute Gasteiger partial charge is 0.0845 e. The van der Waals surface area contributed by atoms with Crippen LogP contribution in [0.2, 0.25) is 0 Å². The van der Waals surface area contributed by atoms with Crippen LogP contribution < -0.4 is 0 Å². The van der Waals surface area contributed by atoms with Crippen LogP contribution >= 0.6 is 0 Å². The third-order valence-corrected chi connectivity index (χ3v) is 2.52. The molecule has 0 bridgehead atoms. The molecule has 10 heavy (non-hydrogen) atoms. The summed E-state index contributed by atoms with van der Waals surface area (Å²) >= 11 is 0. The van der Waals surface area contributed by atoms with Crippen molar-refractivity contribution in [2.24, 2.45) is 5.92 Å². The van der Waals surface area contributed by atoms with Crippen molar-refractivity contribution >= 4 is 0 Å². The third-order valence-electron chi connectivity index (χ3n) is 2.52. The molecule has 0 N–H and O–H groups in total. The standard InChI is InChI=1S/C8H14O2/c1-9-5-6-2-3-7-8(4-6)10-7/h6-8H,2-5H2,1H3/t6?,7-,8?/m0/s1. The number of fused-ring (bicyclic) bond motifs is 1. The highest BCUT2D eigenvalue weighted by atomic mass is 16.6. The predicted molar refractivity (Wildman–Crippen MR) is 37.9 cm³/mol. The van der Waals surface area contributed by atoms with E-state index in [0.717, 1.165) is 12.5 Å². The molecule has 2 heteroatoms. The lowest BCUT2D eigenvalue weighted by atomic mass is 9.90. The highest BCUT2D eigenvalue weighted by Gasteiger charge is 2.43. The fourth-order valence-electron chi connectivity index (χ4n) is 1.87. The Hall–Kier alpha value is -0.0800. The molecule has 3 atom stereocenters. The fourth-order valence-corrected chi connectivity index (χ4v) is 1.87. The van der Waals surface area contributed by atoms with Crippen LogP contribution in [0.5, 0.6) is 0 Å². The Bertz CT molecular complexity index is 124. The molecule has 0 amide bonds. The molecule has 1 aliphatic carbocycles. The summed E-state index contributed by atoms with van der Waals surface area (Å²) in [6, 6.07) is 0. The van der Waals surface area contributed by atoms with Crippen molar-refractivity contribution in [3.8, 4) is 0 Å². The summed E-state index contributed by atoms with van der Waals surface area (Å²) in [5.74, 6) is 0.772. The first kappa shape index (κ1) is 6.62. The van der Waals surface area contributed by atoms with Gasteiger partial charge in [0.1, 0.15) is 0 Å². The summed E-state index contributed by atoms with van der Waals surface area (Å²) in [5, 5.41) is 0. The molecule has 2 aliphatic rings. The van der Waals surface area contributed by atoms with Crippen molar-refractivity contribution in [2.75, 3.05) is 13.7 Å². The van der Waals surface area contributed by atoms with E-state index in [1.165, 1.54) is 19.3 Å². The molecule has 2 fully saturated rings. The Balaban J connectivity index is 1.77. The summed E-state index contributed by atoms with van der Waals surface area (Å²) in [6.07, 6.45) is 5.04. The van der Waals surface area contributed by atoms with E-state index in [-0.39, 0.29) is 0 Å². The first-order valence-corrected chi connectivity index (χ1v) is 4.04. The Labute approximate surface area is 61.5 Å². The lowest BCUT2D eigenvalue weighted by Crippen LogP contribution is -2.17. The second-order valence-electron chi connectivity index (χ2n) is 3.35. The maximum atomic E-state index is 5.40. The normalized spacial score (nSPS) is 44.7. The largest absolute Gasteiger partial charge is 0.384 e. The second kappa shape index (κ2) is 2.51. The van der Waals surface area contributed by atoms with E-state index in [1.807, 2.05) is 0 Å². The van der Waals surface area contributed by atoms with Gasteiger partial charge in [0, 0.05) is 13.7 Å². The molecule has 1 heterocycles. The van der Waals surface area contributed by atoms with Gasteiger partial charge in [-0.15, -0.1) is 0 Å². The van der Waals surface area contributed by atoms with Crippen molar-refractivity contribution < 1.29 is 9.47 Å². The van der Waals surface area contributed by atoms with E-state index >= 15 is 0 Å². The molecule has 1 saturated carbocycles. The molecular formula is C8H14O2. The summed E-state index contributed by atoms with van der Waals surface area (Å²) in [5.41, 5.74) is 0. The van der Waals surface area contributed by atoms with Crippen LogP contribution in [0.4, 0.5) is 0 Å². The average Bonchev–Trinajstić information content (AvgIpc) is 2.66. The molecule has 58 valence electrons. The zero-order valence-corrected chi connectivity index (χ0v) is 6.38. The van der Waals surface area contributed by atoms with Crippen molar-refractivity contribution in [3.63, 3.8) is 0 Å². The topological polar surface area (TPSA) is 21.8 Å². The number of methoxy groups -OCH3 is 1. The predicted octanol–water partition coefficient (Wildman–Crippen LogP) is 1.20. The van der Waals surface area contributed by atoms with Gasteiger partial charge < -0.3 is 9.47 Å². The molecule has 1 aliphatic heterocycles. The van der Waals surface area contributed by atoms with Gasteiger partial charge in [-0.2, -0.15) is 0 Å². The van der Waals surface area contributed by atoms with Crippen LogP contribution in [-0.2, 0) is 9.47 Å². The Kier molecular flexibility index (Phi) is 1.66. The lowest BCUT2D eigenvalue weighted by Gasteiger charge is -2.16. The minimum absolute atomic E-state index is 0.605. The van der Waals surface area contributed by atoms with Crippen molar-refractivity contribution in [3.05, 3.63) is 0 Å². The van der Waals surface area contributed by atoms with Gasteiger partial charge in [-0.3, -0.25) is 0 Å². The third kappa shape index (κ3) is 1.18. The number of hydrogen-bond donors (Lipinski definition) is 0. The van der Waals surface area contributed by atoms with E-state index in [9.17, 15) is 0 Å². The van der Waals surface area contributed by atoms with E-state index in [4.69, 9.17) is 9.47 Å². The number of epoxide rings is 1. The van der Waals surface area contributed by atoms with E-state index < -0.39 is 0 Å². The Morgan fingerprint density at radius 2 is 2.30 bits per heavy atom. The molecule has 2 nitrogen and oxygen atoms in total. The number of hydrogen-bond acceptors (Lipinski definition) is 2. The fraction of sp³-hybridized carbons (Fsp3) is 1.00. The quantitative estimate of drug-likeness (QED) is 0.540. The van der Waals surface area contributed by atoms with E-state index in [1.54, 1.807) is 7.11 Å². The van der Waals surface area contributed by atoms with E-state index in [0.29, 0.717) is 12.2 Å². The second-order valence-corrected chi connectivity index (χ2v) is 3.35. The molecule has 0 aromatic heterocycles. The van der Waals surface area contributed by atoms with Crippen LogP contribution in [0.15, 0.2) is 0 Å². The van der Waals surface area contributed by atoms with Gasteiger partial charge in [0.15, 0.2) is 0 Å². The Morgan fingerprint density at radius 3 is 3.00 bits per heavy atom. The maximum Gasteiger partial charge on any atom is 0.0845 e. The zero-order chi connectivity index (χ0) is 6.97. The Morgan fingerprint density at radius 1 is 1.40 bits per heavy atom. The minimum Gasteiger partial charge on any atom is -0.384 e. The van der Waals surface area contributed by atoms with Gasteiger partial charge in [-0.1, -0.05) is 0 Å². The molecule has 2 unspecified atom stereocenters. The zero-order valence-electron chi connectivity index (χ0n) is 6.38. The molecule has 2 rings (SSSR count). The molecule has 0 spiro atoms. The molecule has 0 radical (unpaired) electrons. The number of rotatable bonds is 2. The monoisotopic (exact) mass is 142 g/mol. The average molecular weight is 142 g/mol. The molecule has 1 saturated heterocycles. The molecule has 0 aromatic carbocycles. The first-order chi connectivity index (χ1) is 4.90. The summed E-state index contributed by atoms with van der Waals surface area (Å²) in [4.78, 5) is 0. The SMILES string of the molecule is COCC1CC[C@@H]2OC2C1. The minimum atomic E-state index is 0.605. The van der Waals surface area contributed by atoms with Gasteiger partial charge in [-0.25, -0.2) is 0 Å². The number of ether oxygens (including phenoxy) is 2. The maximum absolute atomic E-state index is 5.40. The summed E-state index contributed by atoms with van der Waals surface area (Å²) in [6.45, 7) is 0.923. The van der Waals surface area contributed by atoms with Crippen LogP contribution in [-0.4, -0.2) is 25.9 Å². The molecular weight excluding hydrogens is 128 g/mol. The van der Waals surface area contributed by atoms with Gasteiger partial charge >= 0.3 is 0 Å². The highest BCUT2D eigenvalue weighted by Crippen LogP contribution is 2.39. The van der Waals surface area contributed by atoms with E-state index in [2.05, 4.69) is 0 Å². The molecule has 0 aromatic rings. The van der Waals surface area contributed by atoms with Gasteiger partial charge in [0.05, 0.1) is 12.2 Å². The van der Waals surface area contributed by atoms with Gasteiger partial charge in [-0.05, 0) is 25.2 Å².